The molecule has 2 fully saturated rings. The molecule has 2 aromatic carbocycles. The Morgan fingerprint density at radius 2 is 0.939 bits per heavy atom. The van der Waals surface area contributed by atoms with Crippen LogP contribution in [0.2, 0.25) is 0 Å². The predicted octanol–water partition coefficient (Wildman–Crippen LogP) is 5.40. The Labute approximate surface area is 194 Å². The smallest absolute Gasteiger partial charge is 0.206 e. The molecule has 172 valence electrons. The average molecular weight is 465 g/mol. The lowest BCUT2D eigenvalue weighted by Gasteiger charge is -2.13. The molecule has 2 aromatic rings. The van der Waals surface area contributed by atoms with Crippen LogP contribution in [0.25, 0.3) is 0 Å². The first-order chi connectivity index (χ1) is 15.9. The number of sulfone groups is 1. The third-order valence-electron chi connectivity index (χ3n) is 6.07. The zero-order chi connectivity index (χ0) is 23.3. The van der Waals surface area contributed by atoms with Gasteiger partial charge in [-0.25, -0.2) is 8.42 Å². The SMILES string of the molecule is O=C1CCCC/C1=C/Nc1ccc(S(=O)(=O)c2ccc(N/C=C3\CCCCC3=O)cc2)cc1. The van der Waals surface area contributed by atoms with Crippen LogP contribution in [0.1, 0.15) is 51.4 Å². The highest BCUT2D eigenvalue weighted by atomic mass is 32.2. The summed E-state index contributed by atoms with van der Waals surface area (Å²) in [5, 5.41) is 6.20. The summed E-state index contributed by atoms with van der Waals surface area (Å²) in [6, 6.07) is 13.0. The zero-order valence-electron chi connectivity index (χ0n) is 18.5. The number of hydrogen-bond acceptors (Lipinski definition) is 6. The lowest BCUT2D eigenvalue weighted by molar-refractivity contribution is -0.117. The number of carbonyl (C=O) groups excluding carboxylic acids is 2. The number of benzene rings is 2. The molecular formula is C26H28N2O4S. The average Bonchev–Trinajstić information content (AvgIpc) is 2.83. The molecule has 0 heterocycles. The first-order valence-electron chi connectivity index (χ1n) is 11.4. The van der Waals surface area contributed by atoms with E-state index in [4.69, 9.17) is 0 Å². The van der Waals surface area contributed by atoms with Crippen molar-refractivity contribution in [2.24, 2.45) is 0 Å². The number of carbonyl (C=O) groups is 2. The summed E-state index contributed by atoms with van der Waals surface area (Å²) in [7, 11) is -3.66. The normalized spacial score (nSPS) is 19.6. The Kier molecular flexibility index (Phi) is 7.08. The van der Waals surface area contributed by atoms with E-state index in [-0.39, 0.29) is 21.4 Å². The topological polar surface area (TPSA) is 92.3 Å². The van der Waals surface area contributed by atoms with E-state index >= 15 is 0 Å². The van der Waals surface area contributed by atoms with E-state index in [9.17, 15) is 18.0 Å². The third-order valence-corrected chi connectivity index (χ3v) is 7.86. The van der Waals surface area contributed by atoms with E-state index < -0.39 is 9.84 Å². The van der Waals surface area contributed by atoms with Gasteiger partial charge in [-0.1, -0.05) is 0 Å². The fraction of sp³-hybridized carbons (Fsp3) is 0.308. The Morgan fingerprint density at radius 3 is 1.30 bits per heavy atom. The highest BCUT2D eigenvalue weighted by molar-refractivity contribution is 7.91. The minimum atomic E-state index is -3.66. The van der Waals surface area contributed by atoms with Crippen LogP contribution >= 0.6 is 0 Å². The van der Waals surface area contributed by atoms with E-state index in [0.29, 0.717) is 12.8 Å². The van der Waals surface area contributed by atoms with Crippen LogP contribution in [-0.2, 0) is 19.4 Å². The zero-order valence-corrected chi connectivity index (χ0v) is 19.3. The molecule has 7 heteroatoms. The van der Waals surface area contributed by atoms with Crippen molar-refractivity contribution in [3.63, 3.8) is 0 Å². The van der Waals surface area contributed by atoms with Crippen molar-refractivity contribution in [1.29, 1.82) is 0 Å². The van der Waals surface area contributed by atoms with Gasteiger partial charge in [-0.05, 0) is 87.1 Å². The van der Waals surface area contributed by atoms with Gasteiger partial charge in [-0.2, -0.15) is 0 Å². The lowest BCUT2D eigenvalue weighted by Crippen LogP contribution is -2.10. The number of hydrogen-bond donors (Lipinski definition) is 2. The molecule has 33 heavy (non-hydrogen) atoms. The Morgan fingerprint density at radius 1 is 0.576 bits per heavy atom. The molecule has 0 bridgehead atoms. The van der Waals surface area contributed by atoms with E-state index in [1.807, 2.05) is 0 Å². The monoisotopic (exact) mass is 464 g/mol. The highest BCUT2D eigenvalue weighted by Crippen LogP contribution is 2.25. The Bertz CT molecular complexity index is 1100. The quantitative estimate of drug-likeness (QED) is 0.556. The number of allylic oxidation sites excluding steroid dienone is 2. The largest absolute Gasteiger partial charge is 0.361 e. The summed E-state index contributed by atoms with van der Waals surface area (Å²) >= 11 is 0. The first-order valence-corrected chi connectivity index (χ1v) is 12.8. The minimum absolute atomic E-state index is 0.174. The van der Waals surface area contributed by atoms with Crippen molar-refractivity contribution in [2.75, 3.05) is 10.6 Å². The molecule has 2 aliphatic rings. The molecule has 0 atom stereocenters. The molecule has 0 saturated heterocycles. The molecule has 2 N–H and O–H groups in total. The van der Waals surface area contributed by atoms with Gasteiger partial charge in [0.25, 0.3) is 0 Å². The number of nitrogens with one attached hydrogen (secondary N) is 2. The van der Waals surface area contributed by atoms with Gasteiger partial charge in [0.05, 0.1) is 9.79 Å². The summed E-state index contributed by atoms with van der Waals surface area (Å²) in [4.78, 5) is 24.2. The van der Waals surface area contributed by atoms with Crippen LogP contribution < -0.4 is 10.6 Å². The number of Topliss-reactive ketones (excluding diaryl/α,β-unsaturated/α-hetero) is 2. The summed E-state index contributed by atoms with van der Waals surface area (Å²) in [6.45, 7) is 0. The maximum Gasteiger partial charge on any atom is 0.206 e. The fourth-order valence-corrected chi connectivity index (χ4v) is 5.31. The number of rotatable bonds is 6. The Balaban J connectivity index is 1.42. The van der Waals surface area contributed by atoms with Gasteiger partial charge in [-0.3, -0.25) is 9.59 Å². The summed E-state index contributed by atoms with van der Waals surface area (Å²) < 4.78 is 26.0. The maximum absolute atomic E-state index is 13.0. The minimum Gasteiger partial charge on any atom is -0.361 e. The van der Waals surface area contributed by atoms with Gasteiger partial charge in [0.1, 0.15) is 0 Å². The van der Waals surface area contributed by atoms with Gasteiger partial charge >= 0.3 is 0 Å². The van der Waals surface area contributed by atoms with Crippen molar-refractivity contribution in [3.8, 4) is 0 Å². The second-order valence-corrected chi connectivity index (χ2v) is 10.4. The standard InChI is InChI=1S/C26H28N2O4S/c29-25-7-3-1-5-19(25)17-27-21-9-13-23(14-10-21)33(31,32)24-15-11-22(12-16-24)28-18-20-6-2-4-8-26(20)30/h9-18,27-28H,1-8H2/b19-17-,20-18+. The molecule has 4 rings (SSSR count). The number of ketones is 2. The van der Waals surface area contributed by atoms with Crippen molar-refractivity contribution < 1.29 is 18.0 Å². The van der Waals surface area contributed by atoms with Gasteiger partial charge < -0.3 is 10.6 Å². The van der Waals surface area contributed by atoms with Crippen molar-refractivity contribution in [1.82, 2.24) is 0 Å². The first kappa shape index (κ1) is 23.0. The molecule has 0 radical (unpaired) electrons. The predicted molar refractivity (Wildman–Crippen MR) is 129 cm³/mol. The number of anilines is 2. The summed E-state index contributed by atoms with van der Waals surface area (Å²) in [5.41, 5.74) is 3.03. The van der Waals surface area contributed by atoms with E-state index in [1.165, 1.54) is 0 Å². The molecule has 0 aromatic heterocycles. The van der Waals surface area contributed by atoms with Gasteiger partial charge in [-0.15, -0.1) is 0 Å². The molecule has 6 nitrogen and oxygen atoms in total. The highest BCUT2D eigenvalue weighted by Gasteiger charge is 2.18. The lowest BCUT2D eigenvalue weighted by atomic mass is 9.94. The summed E-state index contributed by atoms with van der Waals surface area (Å²) in [6.07, 6.45) is 10.1. The molecule has 0 amide bonds. The molecule has 0 aliphatic heterocycles. The van der Waals surface area contributed by atoms with Crippen LogP contribution in [-0.4, -0.2) is 20.0 Å². The second-order valence-electron chi connectivity index (χ2n) is 8.44. The van der Waals surface area contributed by atoms with E-state index in [2.05, 4.69) is 10.6 Å². The van der Waals surface area contributed by atoms with Gasteiger partial charge in [0.15, 0.2) is 11.6 Å². The van der Waals surface area contributed by atoms with Crippen LogP contribution in [0.15, 0.2) is 81.9 Å². The molecule has 0 unspecified atom stereocenters. The van der Waals surface area contributed by atoms with Gasteiger partial charge in [0, 0.05) is 47.8 Å². The van der Waals surface area contributed by atoms with Crippen LogP contribution in [0.3, 0.4) is 0 Å². The van der Waals surface area contributed by atoms with Crippen molar-refractivity contribution in [3.05, 3.63) is 72.1 Å². The van der Waals surface area contributed by atoms with Crippen molar-refractivity contribution >= 4 is 32.8 Å². The molecule has 2 saturated carbocycles. The fourth-order valence-electron chi connectivity index (χ4n) is 4.04. The molecule has 0 spiro atoms. The van der Waals surface area contributed by atoms with Gasteiger partial charge in [0.2, 0.25) is 9.84 Å². The third kappa shape index (κ3) is 5.60. The van der Waals surface area contributed by atoms with Crippen LogP contribution in [0, 0.1) is 0 Å². The van der Waals surface area contributed by atoms with Crippen LogP contribution in [0.5, 0.6) is 0 Å². The van der Waals surface area contributed by atoms with E-state index in [0.717, 1.165) is 61.0 Å². The molecular weight excluding hydrogens is 436 g/mol. The molecule has 2 aliphatic carbocycles. The Hall–Kier alpha value is -3.19. The van der Waals surface area contributed by atoms with E-state index in [1.54, 1.807) is 60.9 Å². The summed E-state index contributed by atoms with van der Waals surface area (Å²) in [5.74, 6) is 0.347. The second kappa shape index (κ2) is 10.2. The van der Waals surface area contributed by atoms with Crippen molar-refractivity contribution in [2.45, 2.75) is 61.2 Å². The maximum atomic E-state index is 13.0. The van der Waals surface area contributed by atoms with Crippen LogP contribution in [0.4, 0.5) is 11.4 Å².